The maximum Gasteiger partial charge on any atom is 0.329 e. The summed E-state index contributed by atoms with van der Waals surface area (Å²) in [7, 11) is 3.14. The quantitative estimate of drug-likeness (QED) is 0.497. The Labute approximate surface area is 191 Å². The molecular weight excluding hydrogens is 424 g/mol. The number of carbonyl (C=O) groups is 3. The Kier molecular flexibility index (Phi) is 6.48. The second kappa shape index (κ2) is 9.64. The van der Waals surface area contributed by atoms with Gasteiger partial charge in [-0.2, -0.15) is 0 Å². The summed E-state index contributed by atoms with van der Waals surface area (Å²) in [5.41, 5.74) is 2.15. The van der Waals surface area contributed by atoms with Crippen molar-refractivity contribution in [2.24, 2.45) is 0 Å². The molecule has 9 nitrogen and oxygen atoms in total. The van der Waals surface area contributed by atoms with Crippen molar-refractivity contribution < 1.29 is 23.9 Å². The minimum atomic E-state index is -0.658. The number of para-hydroxylation sites is 1. The molecule has 2 N–H and O–H groups in total. The van der Waals surface area contributed by atoms with Crippen molar-refractivity contribution in [2.45, 2.75) is 12.8 Å². The third-order valence-electron chi connectivity index (χ3n) is 5.60. The Hall–Kier alpha value is -4.01. The molecule has 0 radical (unpaired) electrons. The highest BCUT2D eigenvalue weighted by Crippen LogP contribution is 2.38. The summed E-state index contributed by atoms with van der Waals surface area (Å²) in [5.74, 6) is 0.140. The van der Waals surface area contributed by atoms with Gasteiger partial charge in [0.25, 0.3) is 5.91 Å². The first kappa shape index (κ1) is 22.2. The second-order valence-electron chi connectivity index (χ2n) is 7.75. The van der Waals surface area contributed by atoms with E-state index in [1.54, 1.807) is 44.6 Å². The van der Waals surface area contributed by atoms with Crippen LogP contribution in [0.15, 0.2) is 48.2 Å². The van der Waals surface area contributed by atoms with Crippen LogP contribution >= 0.6 is 0 Å². The number of imide groups is 1. The normalized spacial score (nSPS) is 16.8. The maximum absolute atomic E-state index is 12.9. The van der Waals surface area contributed by atoms with Gasteiger partial charge in [-0.3, -0.25) is 9.59 Å². The molecule has 0 saturated carbocycles. The first-order valence-electron chi connectivity index (χ1n) is 10.7. The smallest absolute Gasteiger partial charge is 0.329 e. The van der Waals surface area contributed by atoms with Gasteiger partial charge in [0.05, 0.1) is 19.9 Å². The van der Waals surface area contributed by atoms with Gasteiger partial charge in [-0.15, -0.1) is 0 Å². The number of carbonyl (C=O) groups excluding carboxylic acids is 3. The fourth-order valence-electron chi connectivity index (χ4n) is 3.96. The Morgan fingerprint density at radius 3 is 2.42 bits per heavy atom. The van der Waals surface area contributed by atoms with Gasteiger partial charge in [-0.1, -0.05) is 18.2 Å². The van der Waals surface area contributed by atoms with Crippen LogP contribution in [0.3, 0.4) is 0 Å². The molecule has 4 amide bonds. The minimum Gasteiger partial charge on any atom is -0.496 e. The number of benzene rings is 2. The third kappa shape index (κ3) is 4.77. The summed E-state index contributed by atoms with van der Waals surface area (Å²) >= 11 is 0. The third-order valence-corrected chi connectivity index (χ3v) is 5.60. The lowest BCUT2D eigenvalue weighted by atomic mass is 10.1. The van der Waals surface area contributed by atoms with E-state index in [0.29, 0.717) is 22.7 Å². The predicted octanol–water partition coefficient (Wildman–Crippen LogP) is 2.84. The monoisotopic (exact) mass is 450 g/mol. The van der Waals surface area contributed by atoms with Gasteiger partial charge in [0.15, 0.2) is 0 Å². The van der Waals surface area contributed by atoms with Crippen LogP contribution in [-0.4, -0.2) is 56.6 Å². The SMILES string of the molecule is COc1cc(N2CCCC2)c(OC)cc1C=C1NC(=O)N(CC(=O)Nc2ccccc2)C1=O. The first-order valence-corrected chi connectivity index (χ1v) is 10.7. The van der Waals surface area contributed by atoms with E-state index >= 15 is 0 Å². The van der Waals surface area contributed by atoms with Gasteiger partial charge in [0.2, 0.25) is 5.91 Å². The predicted molar refractivity (Wildman–Crippen MR) is 124 cm³/mol. The number of ether oxygens (including phenoxy) is 2. The van der Waals surface area contributed by atoms with Crippen LogP contribution in [0.1, 0.15) is 18.4 Å². The average molecular weight is 450 g/mol. The van der Waals surface area contributed by atoms with E-state index in [2.05, 4.69) is 15.5 Å². The van der Waals surface area contributed by atoms with Crippen LogP contribution in [0.4, 0.5) is 16.2 Å². The summed E-state index contributed by atoms with van der Waals surface area (Å²) in [5, 5.41) is 5.21. The van der Waals surface area contributed by atoms with E-state index in [1.165, 1.54) is 6.08 Å². The molecule has 2 fully saturated rings. The molecule has 172 valence electrons. The molecule has 2 aromatic carbocycles. The van der Waals surface area contributed by atoms with Crippen LogP contribution in [0.25, 0.3) is 6.08 Å². The lowest BCUT2D eigenvalue weighted by Gasteiger charge is -2.22. The van der Waals surface area contributed by atoms with Crippen LogP contribution in [-0.2, 0) is 9.59 Å². The van der Waals surface area contributed by atoms with Crippen LogP contribution in [0.2, 0.25) is 0 Å². The topological polar surface area (TPSA) is 100 Å². The number of hydrogen-bond donors (Lipinski definition) is 2. The van der Waals surface area contributed by atoms with E-state index in [-0.39, 0.29) is 5.70 Å². The largest absolute Gasteiger partial charge is 0.496 e. The second-order valence-corrected chi connectivity index (χ2v) is 7.75. The molecule has 0 aromatic heterocycles. The standard InChI is InChI=1S/C24H26N4O5/c1-32-20-14-19(27-10-6-7-11-27)21(33-2)13-16(20)12-18-23(30)28(24(31)26-18)15-22(29)25-17-8-4-3-5-9-17/h3-5,8-9,12-14H,6-7,10-11,15H2,1-2H3,(H,25,29)(H,26,31). The first-order chi connectivity index (χ1) is 16.0. The summed E-state index contributed by atoms with van der Waals surface area (Å²) < 4.78 is 11.1. The van der Waals surface area contributed by atoms with E-state index in [4.69, 9.17) is 9.47 Å². The van der Waals surface area contributed by atoms with Crippen molar-refractivity contribution in [3.05, 3.63) is 53.7 Å². The van der Waals surface area contributed by atoms with E-state index in [9.17, 15) is 14.4 Å². The Bertz CT molecular complexity index is 1090. The molecule has 0 atom stereocenters. The Balaban J connectivity index is 1.54. The zero-order valence-corrected chi connectivity index (χ0v) is 18.6. The van der Waals surface area contributed by atoms with Crippen LogP contribution in [0, 0.1) is 0 Å². The van der Waals surface area contributed by atoms with Crippen LogP contribution < -0.4 is 25.0 Å². The zero-order valence-electron chi connectivity index (χ0n) is 18.6. The van der Waals surface area contributed by atoms with Crippen molar-refractivity contribution in [3.8, 4) is 11.5 Å². The highest BCUT2D eigenvalue weighted by Gasteiger charge is 2.35. The lowest BCUT2D eigenvalue weighted by Crippen LogP contribution is -2.38. The lowest BCUT2D eigenvalue weighted by molar-refractivity contribution is -0.127. The molecule has 0 bridgehead atoms. The number of nitrogens with one attached hydrogen (secondary N) is 2. The van der Waals surface area contributed by atoms with Crippen molar-refractivity contribution in [2.75, 3.05) is 44.1 Å². The van der Waals surface area contributed by atoms with Gasteiger partial charge in [0, 0.05) is 30.4 Å². The van der Waals surface area contributed by atoms with Crippen molar-refractivity contribution in [3.63, 3.8) is 0 Å². The Morgan fingerprint density at radius 2 is 1.76 bits per heavy atom. The maximum atomic E-state index is 12.9. The van der Waals surface area contributed by atoms with Gasteiger partial charge in [-0.25, -0.2) is 9.69 Å². The molecule has 9 heteroatoms. The molecule has 2 heterocycles. The number of hydrogen-bond acceptors (Lipinski definition) is 6. The fourth-order valence-corrected chi connectivity index (χ4v) is 3.96. The molecule has 2 aliphatic rings. The van der Waals surface area contributed by atoms with Gasteiger partial charge < -0.3 is 25.0 Å². The zero-order chi connectivity index (χ0) is 23.4. The van der Waals surface area contributed by atoms with E-state index in [1.807, 2.05) is 12.1 Å². The molecule has 4 rings (SSSR count). The molecule has 2 aromatic rings. The summed E-state index contributed by atoms with van der Waals surface area (Å²) in [6.45, 7) is 1.48. The number of nitrogens with zero attached hydrogens (tertiary/aromatic N) is 2. The van der Waals surface area contributed by atoms with Gasteiger partial charge >= 0.3 is 6.03 Å². The van der Waals surface area contributed by atoms with E-state index in [0.717, 1.165) is 36.5 Å². The molecule has 0 unspecified atom stereocenters. The molecule has 0 spiro atoms. The summed E-state index contributed by atoms with van der Waals surface area (Å²) in [6.07, 6.45) is 3.77. The number of amides is 4. The molecule has 2 saturated heterocycles. The number of rotatable bonds is 7. The highest BCUT2D eigenvalue weighted by atomic mass is 16.5. The number of anilines is 2. The fraction of sp³-hybridized carbons (Fsp3) is 0.292. The average Bonchev–Trinajstić information content (AvgIpc) is 3.44. The highest BCUT2D eigenvalue weighted by molar-refractivity contribution is 6.16. The van der Waals surface area contributed by atoms with Crippen LogP contribution in [0.5, 0.6) is 11.5 Å². The number of methoxy groups -OCH3 is 2. The van der Waals surface area contributed by atoms with E-state index < -0.39 is 24.4 Å². The molecule has 33 heavy (non-hydrogen) atoms. The van der Waals surface area contributed by atoms with Crippen molar-refractivity contribution >= 4 is 35.3 Å². The van der Waals surface area contributed by atoms with Crippen molar-refractivity contribution in [1.82, 2.24) is 10.2 Å². The van der Waals surface area contributed by atoms with Gasteiger partial charge in [-0.05, 0) is 37.1 Å². The van der Waals surface area contributed by atoms with Crippen molar-refractivity contribution in [1.29, 1.82) is 0 Å². The van der Waals surface area contributed by atoms with Gasteiger partial charge in [0.1, 0.15) is 23.7 Å². The molecule has 0 aliphatic carbocycles. The Morgan fingerprint density at radius 1 is 1.06 bits per heavy atom. The summed E-state index contributed by atoms with van der Waals surface area (Å²) in [4.78, 5) is 40.7. The summed E-state index contributed by atoms with van der Waals surface area (Å²) in [6, 6.07) is 11.8. The molecular formula is C24H26N4O5. The minimum absolute atomic E-state index is 0.0572. The number of urea groups is 1. The molecule has 2 aliphatic heterocycles.